The number of nitrogens with two attached hydrogens (primary N) is 1. The van der Waals surface area contributed by atoms with Crippen LogP contribution in [0.5, 0.6) is 0 Å². The van der Waals surface area contributed by atoms with Crippen LogP contribution in [0.3, 0.4) is 0 Å². The van der Waals surface area contributed by atoms with Gasteiger partial charge in [0.1, 0.15) is 0 Å². The maximum atomic E-state index is 11.9. The van der Waals surface area contributed by atoms with Gasteiger partial charge in [0.25, 0.3) is 0 Å². The van der Waals surface area contributed by atoms with Crippen molar-refractivity contribution in [3.05, 3.63) is 0 Å². The molecular formula is C13H24N2O. The van der Waals surface area contributed by atoms with Crippen LogP contribution in [-0.2, 0) is 4.79 Å². The summed E-state index contributed by atoms with van der Waals surface area (Å²) in [5.74, 6) is 1.73. The Hall–Kier alpha value is -0.570. The first-order valence-electron chi connectivity index (χ1n) is 6.65. The van der Waals surface area contributed by atoms with Crippen LogP contribution in [0.1, 0.15) is 45.4 Å². The Balaban J connectivity index is 1.72. The summed E-state index contributed by atoms with van der Waals surface area (Å²) in [7, 11) is 0. The van der Waals surface area contributed by atoms with Gasteiger partial charge in [-0.25, -0.2) is 0 Å². The molecule has 0 aliphatic heterocycles. The van der Waals surface area contributed by atoms with E-state index in [1.807, 2.05) is 0 Å². The molecule has 0 bridgehead atoms. The molecule has 2 aliphatic carbocycles. The van der Waals surface area contributed by atoms with Crippen molar-refractivity contribution >= 4 is 5.91 Å². The maximum absolute atomic E-state index is 11.9. The van der Waals surface area contributed by atoms with Crippen molar-refractivity contribution in [2.24, 2.45) is 23.0 Å². The van der Waals surface area contributed by atoms with Crippen LogP contribution in [0.4, 0.5) is 0 Å². The molecule has 0 heterocycles. The molecule has 2 aliphatic rings. The van der Waals surface area contributed by atoms with E-state index in [1.165, 1.54) is 25.7 Å². The quantitative estimate of drug-likeness (QED) is 0.763. The first-order valence-corrected chi connectivity index (χ1v) is 6.65. The highest BCUT2D eigenvalue weighted by molar-refractivity contribution is 5.85. The lowest BCUT2D eigenvalue weighted by molar-refractivity contribution is -0.126. The van der Waals surface area contributed by atoms with Gasteiger partial charge in [0.2, 0.25) is 5.91 Å². The van der Waals surface area contributed by atoms with Crippen molar-refractivity contribution in [3.8, 4) is 0 Å². The lowest BCUT2D eigenvalue weighted by Crippen LogP contribution is -2.39. The second-order valence-electron chi connectivity index (χ2n) is 5.83. The maximum Gasteiger partial charge on any atom is 0.227 e. The van der Waals surface area contributed by atoms with Crippen LogP contribution < -0.4 is 11.1 Å². The molecule has 3 N–H and O–H groups in total. The molecule has 0 aromatic heterocycles. The minimum Gasteiger partial charge on any atom is -0.355 e. The van der Waals surface area contributed by atoms with E-state index in [-0.39, 0.29) is 11.3 Å². The molecule has 3 heteroatoms. The molecule has 0 saturated heterocycles. The Labute approximate surface area is 98.2 Å². The summed E-state index contributed by atoms with van der Waals surface area (Å²) in [6, 6.07) is 0. The highest BCUT2D eigenvalue weighted by Gasteiger charge is 2.48. The van der Waals surface area contributed by atoms with Crippen LogP contribution in [0, 0.1) is 17.3 Å². The number of nitrogens with one attached hydrogen (secondary N) is 1. The summed E-state index contributed by atoms with van der Waals surface area (Å²) in [5, 5.41) is 3.11. The van der Waals surface area contributed by atoms with E-state index in [4.69, 9.17) is 5.73 Å². The van der Waals surface area contributed by atoms with Gasteiger partial charge >= 0.3 is 0 Å². The Morgan fingerprint density at radius 1 is 1.44 bits per heavy atom. The Morgan fingerprint density at radius 2 is 2.19 bits per heavy atom. The van der Waals surface area contributed by atoms with E-state index >= 15 is 0 Å². The van der Waals surface area contributed by atoms with E-state index in [0.29, 0.717) is 12.5 Å². The van der Waals surface area contributed by atoms with Crippen molar-refractivity contribution in [2.45, 2.75) is 45.4 Å². The summed E-state index contributed by atoms with van der Waals surface area (Å²) >= 11 is 0. The van der Waals surface area contributed by atoms with Crippen LogP contribution in [-0.4, -0.2) is 19.0 Å². The van der Waals surface area contributed by atoms with E-state index in [9.17, 15) is 4.79 Å². The van der Waals surface area contributed by atoms with Crippen molar-refractivity contribution < 1.29 is 4.79 Å². The molecule has 0 radical (unpaired) electrons. The minimum absolute atomic E-state index is 0.180. The van der Waals surface area contributed by atoms with Gasteiger partial charge in [-0.2, -0.15) is 0 Å². The zero-order valence-electron chi connectivity index (χ0n) is 10.3. The van der Waals surface area contributed by atoms with E-state index in [1.54, 1.807) is 0 Å². The van der Waals surface area contributed by atoms with Crippen molar-refractivity contribution in [3.63, 3.8) is 0 Å². The largest absolute Gasteiger partial charge is 0.355 e. The standard InChI is InChI=1S/C13H24N2O/c1-10-3-2-4-11(7-10)8-15-12(16)13(9-14)5-6-13/h10-11H,2-9,14H2,1H3,(H,15,16). The van der Waals surface area contributed by atoms with Crippen LogP contribution in [0.2, 0.25) is 0 Å². The monoisotopic (exact) mass is 224 g/mol. The summed E-state index contributed by atoms with van der Waals surface area (Å²) in [6.45, 7) is 3.70. The Kier molecular flexibility index (Phi) is 3.53. The van der Waals surface area contributed by atoms with Gasteiger partial charge in [0.05, 0.1) is 5.41 Å². The van der Waals surface area contributed by atoms with Crippen LogP contribution in [0.15, 0.2) is 0 Å². The molecule has 2 saturated carbocycles. The average molecular weight is 224 g/mol. The SMILES string of the molecule is CC1CCCC(CNC(=O)C2(CN)CC2)C1. The molecule has 2 fully saturated rings. The number of amides is 1. The lowest BCUT2D eigenvalue weighted by Gasteiger charge is -2.27. The van der Waals surface area contributed by atoms with Crippen molar-refractivity contribution in [2.75, 3.05) is 13.1 Å². The zero-order chi connectivity index (χ0) is 11.6. The van der Waals surface area contributed by atoms with Gasteiger partial charge in [0, 0.05) is 13.1 Å². The highest BCUT2D eigenvalue weighted by Crippen LogP contribution is 2.44. The number of hydrogen-bond donors (Lipinski definition) is 2. The van der Waals surface area contributed by atoms with Gasteiger partial charge in [-0.3, -0.25) is 4.79 Å². The number of carbonyl (C=O) groups is 1. The zero-order valence-corrected chi connectivity index (χ0v) is 10.3. The highest BCUT2D eigenvalue weighted by atomic mass is 16.2. The second-order valence-corrected chi connectivity index (χ2v) is 5.83. The average Bonchev–Trinajstić information content (AvgIpc) is 3.07. The predicted octanol–water partition coefficient (Wildman–Crippen LogP) is 1.67. The molecule has 2 rings (SSSR count). The van der Waals surface area contributed by atoms with Crippen LogP contribution >= 0.6 is 0 Å². The molecule has 0 aromatic carbocycles. The van der Waals surface area contributed by atoms with Crippen LogP contribution in [0.25, 0.3) is 0 Å². The lowest BCUT2D eigenvalue weighted by atomic mass is 9.82. The third kappa shape index (κ3) is 2.57. The fraction of sp³-hybridized carbons (Fsp3) is 0.923. The molecule has 0 spiro atoms. The van der Waals surface area contributed by atoms with Crippen molar-refractivity contribution in [1.82, 2.24) is 5.32 Å². The van der Waals surface area contributed by atoms with Gasteiger partial charge in [-0.1, -0.05) is 19.8 Å². The summed E-state index contributed by atoms with van der Waals surface area (Å²) in [6.07, 6.45) is 7.20. The Bertz CT molecular complexity index is 261. The molecule has 3 nitrogen and oxygen atoms in total. The van der Waals surface area contributed by atoms with E-state index in [0.717, 1.165) is 25.3 Å². The molecule has 2 atom stereocenters. The summed E-state index contributed by atoms with van der Waals surface area (Å²) in [5.41, 5.74) is 5.46. The third-order valence-electron chi connectivity index (χ3n) is 4.32. The Morgan fingerprint density at radius 3 is 2.75 bits per heavy atom. The number of rotatable bonds is 4. The van der Waals surface area contributed by atoms with Crippen molar-refractivity contribution in [1.29, 1.82) is 0 Å². The van der Waals surface area contributed by atoms with Gasteiger partial charge in [-0.05, 0) is 37.5 Å². The predicted molar refractivity (Wildman–Crippen MR) is 64.9 cm³/mol. The first kappa shape index (κ1) is 11.9. The minimum atomic E-state index is -0.180. The molecule has 0 aromatic rings. The fourth-order valence-corrected chi connectivity index (χ4v) is 2.84. The summed E-state index contributed by atoms with van der Waals surface area (Å²) in [4.78, 5) is 11.9. The van der Waals surface area contributed by atoms with Gasteiger partial charge < -0.3 is 11.1 Å². The molecule has 92 valence electrons. The first-order chi connectivity index (χ1) is 7.66. The number of carbonyl (C=O) groups excluding carboxylic acids is 1. The normalized spacial score (nSPS) is 32.1. The molecular weight excluding hydrogens is 200 g/mol. The van der Waals surface area contributed by atoms with E-state index in [2.05, 4.69) is 12.2 Å². The molecule has 1 amide bonds. The second kappa shape index (κ2) is 4.74. The third-order valence-corrected chi connectivity index (χ3v) is 4.32. The summed E-state index contributed by atoms with van der Waals surface area (Å²) < 4.78 is 0. The van der Waals surface area contributed by atoms with Gasteiger partial charge in [0.15, 0.2) is 0 Å². The topological polar surface area (TPSA) is 55.1 Å². The molecule has 2 unspecified atom stereocenters. The smallest absolute Gasteiger partial charge is 0.227 e. The number of hydrogen-bond acceptors (Lipinski definition) is 2. The molecule has 16 heavy (non-hydrogen) atoms. The van der Waals surface area contributed by atoms with Gasteiger partial charge in [-0.15, -0.1) is 0 Å². The van der Waals surface area contributed by atoms with E-state index < -0.39 is 0 Å². The fourth-order valence-electron chi connectivity index (χ4n) is 2.84.